The number of aliphatic hydroxyl groups excluding tert-OH is 1. The van der Waals surface area contributed by atoms with Crippen molar-refractivity contribution in [2.75, 3.05) is 26.7 Å². The molecule has 3 nitrogen and oxygen atoms in total. The van der Waals surface area contributed by atoms with Crippen LogP contribution in [0.1, 0.15) is 33.6 Å². The summed E-state index contributed by atoms with van der Waals surface area (Å²) in [7, 11) is 2.04. The van der Waals surface area contributed by atoms with Crippen LogP contribution < -0.4 is 5.32 Å². The zero-order valence-electron chi connectivity index (χ0n) is 11.7. The predicted molar refractivity (Wildman–Crippen MR) is 71.0 cm³/mol. The lowest BCUT2D eigenvalue weighted by Gasteiger charge is -2.35. The van der Waals surface area contributed by atoms with Crippen LogP contribution in [0.2, 0.25) is 0 Å². The highest BCUT2D eigenvalue weighted by Crippen LogP contribution is 2.39. The number of likely N-dealkylation sites (tertiary alicyclic amines) is 1. The van der Waals surface area contributed by atoms with E-state index >= 15 is 0 Å². The van der Waals surface area contributed by atoms with Crippen molar-refractivity contribution in [3.63, 3.8) is 0 Å². The second-order valence-corrected chi connectivity index (χ2v) is 6.76. The molecule has 2 aliphatic rings. The minimum atomic E-state index is -0.0326. The normalized spacial score (nSPS) is 36.2. The number of nitrogens with zero attached hydrogens (tertiary/aromatic N) is 1. The van der Waals surface area contributed by atoms with Crippen LogP contribution in [0.5, 0.6) is 0 Å². The van der Waals surface area contributed by atoms with Crippen molar-refractivity contribution in [2.24, 2.45) is 17.3 Å². The molecule has 0 aromatic rings. The van der Waals surface area contributed by atoms with E-state index in [9.17, 15) is 5.11 Å². The Hall–Kier alpha value is -0.120. The topological polar surface area (TPSA) is 35.5 Å². The van der Waals surface area contributed by atoms with Crippen molar-refractivity contribution >= 4 is 0 Å². The van der Waals surface area contributed by atoms with E-state index in [1.807, 2.05) is 7.05 Å². The van der Waals surface area contributed by atoms with Gasteiger partial charge in [0.25, 0.3) is 0 Å². The monoisotopic (exact) mass is 240 g/mol. The van der Waals surface area contributed by atoms with Crippen LogP contribution >= 0.6 is 0 Å². The number of nitrogens with one attached hydrogen (secondary N) is 1. The van der Waals surface area contributed by atoms with Gasteiger partial charge in [0.05, 0.1) is 6.10 Å². The van der Waals surface area contributed by atoms with Crippen LogP contribution in [0.4, 0.5) is 0 Å². The number of hydrogen-bond donors (Lipinski definition) is 2. The van der Waals surface area contributed by atoms with Crippen molar-refractivity contribution in [1.82, 2.24) is 10.2 Å². The lowest BCUT2D eigenvalue weighted by atomic mass is 9.85. The third-order valence-electron chi connectivity index (χ3n) is 5.13. The highest BCUT2D eigenvalue weighted by atomic mass is 16.3. The summed E-state index contributed by atoms with van der Waals surface area (Å²) in [6.07, 6.45) is 2.22. The highest BCUT2D eigenvalue weighted by molar-refractivity contribution is 4.95. The molecule has 1 aliphatic heterocycles. The summed E-state index contributed by atoms with van der Waals surface area (Å²) in [5.74, 6) is 1.31. The first-order valence-corrected chi connectivity index (χ1v) is 7.01. The predicted octanol–water partition coefficient (Wildman–Crippen LogP) is 1.32. The van der Waals surface area contributed by atoms with Gasteiger partial charge in [-0.2, -0.15) is 0 Å². The van der Waals surface area contributed by atoms with Crippen LogP contribution in [-0.4, -0.2) is 48.8 Å². The third kappa shape index (κ3) is 2.67. The van der Waals surface area contributed by atoms with Crippen LogP contribution in [-0.2, 0) is 0 Å². The average molecular weight is 240 g/mol. The fourth-order valence-electron chi connectivity index (χ4n) is 3.56. The maximum atomic E-state index is 9.93. The molecule has 2 N–H and O–H groups in total. The summed E-state index contributed by atoms with van der Waals surface area (Å²) in [6, 6.07) is 0.521. The van der Waals surface area contributed by atoms with Gasteiger partial charge in [-0.15, -0.1) is 0 Å². The lowest BCUT2D eigenvalue weighted by molar-refractivity contribution is 0.112. The molecule has 0 aromatic carbocycles. The maximum absolute atomic E-state index is 9.93. The first-order chi connectivity index (χ1) is 7.94. The van der Waals surface area contributed by atoms with Crippen molar-refractivity contribution in [3.05, 3.63) is 0 Å². The van der Waals surface area contributed by atoms with Crippen molar-refractivity contribution in [3.8, 4) is 0 Å². The van der Waals surface area contributed by atoms with E-state index in [0.29, 0.717) is 17.4 Å². The van der Waals surface area contributed by atoms with E-state index < -0.39 is 0 Å². The zero-order chi connectivity index (χ0) is 12.6. The molecule has 0 aromatic heterocycles. The summed E-state index contributed by atoms with van der Waals surface area (Å²) in [5, 5.41) is 13.3. The zero-order valence-corrected chi connectivity index (χ0v) is 11.7. The van der Waals surface area contributed by atoms with Gasteiger partial charge in [-0.3, -0.25) is 0 Å². The number of fused-ring (bicyclic) bond motifs is 1. The molecule has 1 saturated carbocycles. The molecule has 0 spiro atoms. The van der Waals surface area contributed by atoms with Crippen LogP contribution in [0.3, 0.4) is 0 Å². The molecule has 4 atom stereocenters. The number of aliphatic hydroxyl groups is 1. The molecule has 0 radical (unpaired) electrons. The van der Waals surface area contributed by atoms with Gasteiger partial charge in [0.15, 0.2) is 0 Å². The van der Waals surface area contributed by atoms with E-state index in [1.54, 1.807) is 0 Å². The Morgan fingerprint density at radius 2 is 2.06 bits per heavy atom. The minimum Gasteiger partial charge on any atom is -0.393 e. The largest absolute Gasteiger partial charge is 0.393 e. The molecule has 1 saturated heterocycles. The molecule has 1 heterocycles. The van der Waals surface area contributed by atoms with Crippen molar-refractivity contribution in [1.29, 1.82) is 0 Å². The molecule has 100 valence electrons. The van der Waals surface area contributed by atoms with Gasteiger partial charge in [0.1, 0.15) is 0 Å². The van der Waals surface area contributed by atoms with E-state index in [1.165, 1.54) is 13.0 Å². The number of rotatable bonds is 4. The Morgan fingerprint density at radius 3 is 2.65 bits per heavy atom. The number of hydrogen-bond acceptors (Lipinski definition) is 3. The Balaban J connectivity index is 1.90. The van der Waals surface area contributed by atoms with Crippen LogP contribution in [0.15, 0.2) is 0 Å². The van der Waals surface area contributed by atoms with E-state index in [0.717, 1.165) is 25.4 Å². The lowest BCUT2D eigenvalue weighted by Crippen LogP contribution is -2.45. The van der Waals surface area contributed by atoms with Gasteiger partial charge in [-0.05, 0) is 38.1 Å². The molecule has 3 heteroatoms. The smallest absolute Gasteiger partial charge is 0.0583 e. The second-order valence-electron chi connectivity index (χ2n) is 6.76. The van der Waals surface area contributed by atoms with Crippen LogP contribution in [0.25, 0.3) is 0 Å². The van der Waals surface area contributed by atoms with E-state index in [4.69, 9.17) is 0 Å². The minimum absolute atomic E-state index is 0.0326. The summed E-state index contributed by atoms with van der Waals surface area (Å²) < 4.78 is 0. The highest BCUT2D eigenvalue weighted by Gasteiger charge is 2.43. The summed E-state index contributed by atoms with van der Waals surface area (Å²) in [4.78, 5) is 2.56. The Bertz CT molecular complexity index is 267. The van der Waals surface area contributed by atoms with Gasteiger partial charge in [-0.25, -0.2) is 0 Å². The van der Waals surface area contributed by atoms with Gasteiger partial charge in [0, 0.05) is 31.6 Å². The summed E-state index contributed by atoms with van der Waals surface area (Å²) >= 11 is 0. The summed E-state index contributed by atoms with van der Waals surface area (Å²) in [5.41, 5.74) is 0.290. The first kappa shape index (κ1) is 13.3. The van der Waals surface area contributed by atoms with Crippen molar-refractivity contribution in [2.45, 2.75) is 45.8 Å². The molecule has 0 amide bonds. The fraction of sp³-hybridized carbons (Fsp3) is 1.00. The van der Waals surface area contributed by atoms with Gasteiger partial charge in [0.2, 0.25) is 0 Å². The quantitative estimate of drug-likeness (QED) is 0.778. The van der Waals surface area contributed by atoms with Crippen molar-refractivity contribution < 1.29 is 5.11 Å². The SMILES string of the molecule is CNC(C)C(C)(C)CN1CC2CCC(O)C2C1. The molecule has 2 rings (SSSR count). The second kappa shape index (κ2) is 4.87. The average Bonchev–Trinajstić information content (AvgIpc) is 2.79. The van der Waals surface area contributed by atoms with E-state index in [2.05, 4.69) is 31.0 Å². The first-order valence-electron chi connectivity index (χ1n) is 7.01. The Labute approximate surface area is 106 Å². The summed E-state index contributed by atoms with van der Waals surface area (Å²) in [6.45, 7) is 10.4. The molecular weight excluding hydrogens is 212 g/mol. The Morgan fingerprint density at radius 1 is 1.35 bits per heavy atom. The third-order valence-corrected chi connectivity index (χ3v) is 5.13. The fourth-order valence-corrected chi connectivity index (χ4v) is 3.56. The van der Waals surface area contributed by atoms with Crippen LogP contribution in [0, 0.1) is 17.3 Å². The van der Waals surface area contributed by atoms with E-state index in [-0.39, 0.29) is 6.10 Å². The van der Waals surface area contributed by atoms with Gasteiger partial charge < -0.3 is 15.3 Å². The molecule has 1 aliphatic carbocycles. The molecule has 2 fully saturated rings. The molecule has 17 heavy (non-hydrogen) atoms. The van der Waals surface area contributed by atoms with Gasteiger partial charge in [-0.1, -0.05) is 13.8 Å². The molecular formula is C14H28N2O. The van der Waals surface area contributed by atoms with Gasteiger partial charge >= 0.3 is 0 Å². The Kier molecular flexibility index (Phi) is 3.81. The standard InChI is InChI=1S/C14H28N2O/c1-10(15-4)14(2,3)9-16-7-11-5-6-13(17)12(11)8-16/h10-13,15,17H,5-9H2,1-4H3. The molecule has 4 unspecified atom stereocenters. The maximum Gasteiger partial charge on any atom is 0.0583 e. The molecule has 0 bridgehead atoms.